The van der Waals surface area contributed by atoms with Crippen LogP contribution in [-0.4, -0.2) is 48.1 Å². The van der Waals surface area contributed by atoms with E-state index in [-0.39, 0.29) is 36.6 Å². The van der Waals surface area contributed by atoms with Crippen LogP contribution in [0, 0.1) is 0 Å². The summed E-state index contributed by atoms with van der Waals surface area (Å²) in [5.41, 5.74) is 0.541. The third-order valence-electron chi connectivity index (χ3n) is 4.62. The molecule has 0 radical (unpaired) electrons. The van der Waals surface area contributed by atoms with E-state index < -0.39 is 12.1 Å². The Morgan fingerprint density at radius 2 is 2.04 bits per heavy atom. The molecule has 2 aromatic carbocycles. The van der Waals surface area contributed by atoms with E-state index in [9.17, 15) is 15.0 Å². The smallest absolute Gasteiger partial charge is 0.341 e. The molecule has 0 aliphatic carbocycles. The van der Waals surface area contributed by atoms with Crippen LogP contribution >= 0.6 is 0 Å². The van der Waals surface area contributed by atoms with Crippen molar-refractivity contribution < 1.29 is 29.2 Å². The standard InChI is InChI=1S/C21H25NO6/c1-3-26-21(25)15-10-14(8-9-16(15)23)17(24)11-22-13(2)20-12-27-18-6-4-5-7-19(18)28-20/h4-10,13,17,20,22-24H,3,11-12H2,1-2H3. The van der Waals surface area contributed by atoms with Crippen molar-refractivity contribution in [3.8, 4) is 17.2 Å². The Labute approximate surface area is 163 Å². The van der Waals surface area contributed by atoms with Crippen molar-refractivity contribution >= 4 is 5.97 Å². The maximum atomic E-state index is 11.9. The summed E-state index contributed by atoms with van der Waals surface area (Å²) in [7, 11) is 0. The fourth-order valence-electron chi connectivity index (χ4n) is 2.96. The summed E-state index contributed by atoms with van der Waals surface area (Å²) in [5.74, 6) is 0.621. The number of phenols is 1. The first-order valence-electron chi connectivity index (χ1n) is 9.29. The average molecular weight is 387 g/mol. The Morgan fingerprint density at radius 3 is 2.79 bits per heavy atom. The summed E-state index contributed by atoms with van der Waals surface area (Å²) in [6.07, 6.45) is -1.06. The summed E-state index contributed by atoms with van der Waals surface area (Å²) in [6.45, 7) is 4.50. The minimum atomic E-state index is -0.868. The van der Waals surface area contributed by atoms with Crippen LogP contribution < -0.4 is 14.8 Å². The summed E-state index contributed by atoms with van der Waals surface area (Å²) in [5, 5.41) is 23.6. The number of aromatic hydroxyl groups is 1. The molecule has 150 valence electrons. The van der Waals surface area contributed by atoms with Crippen molar-refractivity contribution in [2.24, 2.45) is 0 Å². The van der Waals surface area contributed by atoms with Gasteiger partial charge < -0.3 is 29.7 Å². The molecule has 1 heterocycles. The van der Waals surface area contributed by atoms with E-state index >= 15 is 0 Å². The molecule has 0 saturated carbocycles. The first kappa shape index (κ1) is 20.0. The van der Waals surface area contributed by atoms with Crippen molar-refractivity contribution in [2.45, 2.75) is 32.1 Å². The highest BCUT2D eigenvalue weighted by molar-refractivity contribution is 5.92. The molecule has 3 atom stereocenters. The second-order valence-electron chi connectivity index (χ2n) is 6.62. The first-order chi connectivity index (χ1) is 13.5. The number of hydrogen-bond acceptors (Lipinski definition) is 7. The van der Waals surface area contributed by atoms with Gasteiger partial charge >= 0.3 is 5.97 Å². The average Bonchev–Trinajstić information content (AvgIpc) is 2.71. The van der Waals surface area contributed by atoms with Gasteiger partial charge in [-0.1, -0.05) is 18.2 Å². The lowest BCUT2D eigenvalue weighted by Gasteiger charge is -2.31. The number of carbonyl (C=O) groups excluding carboxylic acids is 1. The Kier molecular flexibility index (Phi) is 6.38. The van der Waals surface area contributed by atoms with Gasteiger partial charge in [-0.2, -0.15) is 0 Å². The van der Waals surface area contributed by atoms with Gasteiger partial charge in [0.25, 0.3) is 0 Å². The number of phenolic OH excluding ortho intramolecular Hbond substituents is 1. The predicted molar refractivity (Wildman–Crippen MR) is 103 cm³/mol. The Bertz CT molecular complexity index is 824. The van der Waals surface area contributed by atoms with Gasteiger partial charge in [0.15, 0.2) is 11.5 Å². The largest absolute Gasteiger partial charge is 0.507 e. The molecule has 1 aliphatic heterocycles. The van der Waals surface area contributed by atoms with Crippen LogP contribution in [0.15, 0.2) is 42.5 Å². The van der Waals surface area contributed by atoms with Crippen LogP contribution in [0.2, 0.25) is 0 Å². The van der Waals surface area contributed by atoms with Crippen molar-refractivity contribution in [1.29, 1.82) is 0 Å². The summed E-state index contributed by atoms with van der Waals surface area (Å²) >= 11 is 0. The topological polar surface area (TPSA) is 97.3 Å². The van der Waals surface area contributed by atoms with E-state index in [1.54, 1.807) is 13.0 Å². The van der Waals surface area contributed by atoms with Gasteiger partial charge in [-0.3, -0.25) is 0 Å². The molecule has 3 N–H and O–H groups in total. The number of benzene rings is 2. The Balaban J connectivity index is 1.59. The quantitative estimate of drug-likeness (QED) is 0.628. The fraction of sp³-hybridized carbons (Fsp3) is 0.381. The summed E-state index contributed by atoms with van der Waals surface area (Å²) in [4.78, 5) is 11.9. The highest BCUT2D eigenvalue weighted by atomic mass is 16.6. The molecule has 7 heteroatoms. The second-order valence-corrected chi connectivity index (χ2v) is 6.62. The highest BCUT2D eigenvalue weighted by Crippen LogP contribution is 2.31. The molecule has 0 bridgehead atoms. The molecular weight excluding hydrogens is 362 g/mol. The van der Waals surface area contributed by atoms with Gasteiger partial charge in [0.05, 0.1) is 12.7 Å². The van der Waals surface area contributed by atoms with Gasteiger partial charge in [0.2, 0.25) is 0 Å². The van der Waals surface area contributed by atoms with Crippen LogP contribution in [0.1, 0.15) is 35.9 Å². The lowest BCUT2D eigenvalue weighted by atomic mass is 10.0. The number of rotatable bonds is 7. The molecule has 3 unspecified atom stereocenters. The number of para-hydroxylation sites is 2. The van der Waals surface area contributed by atoms with E-state index in [0.29, 0.717) is 17.9 Å². The molecular formula is C21H25NO6. The van der Waals surface area contributed by atoms with E-state index in [4.69, 9.17) is 14.2 Å². The third kappa shape index (κ3) is 4.55. The molecule has 0 amide bonds. The molecule has 7 nitrogen and oxygen atoms in total. The Morgan fingerprint density at radius 1 is 1.29 bits per heavy atom. The van der Waals surface area contributed by atoms with E-state index in [0.717, 1.165) is 5.75 Å². The van der Waals surface area contributed by atoms with Crippen LogP contribution in [0.5, 0.6) is 17.2 Å². The highest BCUT2D eigenvalue weighted by Gasteiger charge is 2.26. The first-order valence-corrected chi connectivity index (χ1v) is 9.29. The van der Waals surface area contributed by atoms with Gasteiger partial charge in [-0.25, -0.2) is 4.79 Å². The fourth-order valence-corrected chi connectivity index (χ4v) is 2.96. The van der Waals surface area contributed by atoms with Crippen LogP contribution in [-0.2, 0) is 4.74 Å². The third-order valence-corrected chi connectivity index (χ3v) is 4.62. The van der Waals surface area contributed by atoms with E-state index in [1.807, 2.05) is 31.2 Å². The van der Waals surface area contributed by atoms with Gasteiger partial charge in [-0.05, 0) is 43.7 Å². The van der Waals surface area contributed by atoms with Crippen molar-refractivity contribution in [3.63, 3.8) is 0 Å². The number of carbonyl (C=O) groups is 1. The number of aliphatic hydroxyl groups is 1. The number of esters is 1. The van der Waals surface area contributed by atoms with Crippen molar-refractivity contribution in [2.75, 3.05) is 19.8 Å². The van der Waals surface area contributed by atoms with Gasteiger partial charge in [0.1, 0.15) is 24.0 Å². The maximum absolute atomic E-state index is 11.9. The van der Waals surface area contributed by atoms with E-state index in [1.165, 1.54) is 12.1 Å². The van der Waals surface area contributed by atoms with E-state index in [2.05, 4.69) is 5.32 Å². The van der Waals surface area contributed by atoms with Crippen LogP contribution in [0.25, 0.3) is 0 Å². The number of aliphatic hydroxyl groups excluding tert-OH is 1. The molecule has 2 aromatic rings. The molecule has 3 rings (SSSR count). The lowest BCUT2D eigenvalue weighted by Crippen LogP contribution is -2.47. The SMILES string of the molecule is CCOC(=O)c1cc(C(O)CNC(C)C2COc3ccccc3O2)ccc1O. The summed E-state index contributed by atoms with van der Waals surface area (Å²) < 4.78 is 16.6. The number of nitrogens with one attached hydrogen (secondary N) is 1. The summed E-state index contributed by atoms with van der Waals surface area (Å²) in [6, 6.07) is 11.8. The number of fused-ring (bicyclic) bond motifs is 1. The number of hydrogen-bond donors (Lipinski definition) is 3. The minimum Gasteiger partial charge on any atom is -0.507 e. The van der Waals surface area contributed by atoms with Crippen LogP contribution in [0.3, 0.4) is 0 Å². The zero-order valence-electron chi connectivity index (χ0n) is 15.9. The Hall–Kier alpha value is -2.77. The van der Waals surface area contributed by atoms with Crippen LogP contribution in [0.4, 0.5) is 0 Å². The minimum absolute atomic E-state index is 0.0343. The van der Waals surface area contributed by atoms with Crippen molar-refractivity contribution in [3.05, 3.63) is 53.6 Å². The molecule has 0 aromatic heterocycles. The maximum Gasteiger partial charge on any atom is 0.341 e. The zero-order chi connectivity index (χ0) is 20.1. The zero-order valence-corrected chi connectivity index (χ0v) is 15.9. The number of ether oxygens (including phenoxy) is 3. The lowest BCUT2D eigenvalue weighted by molar-refractivity contribution is 0.0522. The van der Waals surface area contributed by atoms with Gasteiger partial charge in [0, 0.05) is 12.6 Å². The molecule has 1 aliphatic rings. The van der Waals surface area contributed by atoms with Crippen molar-refractivity contribution in [1.82, 2.24) is 5.32 Å². The second kappa shape index (κ2) is 8.95. The monoisotopic (exact) mass is 387 g/mol. The van der Waals surface area contributed by atoms with Gasteiger partial charge in [-0.15, -0.1) is 0 Å². The molecule has 0 fully saturated rings. The molecule has 0 spiro atoms. The molecule has 0 saturated heterocycles. The predicted octanol–water partition coefficient (Wildman–Crippen LogP) is 2.42. The molecule has 28 heavy (non-hydrogen) atoms. The normalized spacial score (nSPS) is 17.6.